The monoisotopic (exact) mass is 428 g/mol. The van der Waals surface area contributed by atoms with Crippen LogP contribution in [0, 0.1) is 5.82 Å². The van der Waals surface area contributed by atoms with Crippen LogP contribution in [0.15, 0.2) is 42.5 Å². The molecule has 2 amide bonds. The summed E-state index contributed by atoms with van der Waals surface area (Å²) in [6.45, 7) is 6.07. The highest BCUT2D eigenvalue weighted by atomic mass is 32.1. The van der Waals surface area contributed by atoms with E-state index in [1.54, 1.807) is 36.4 Å². The van der Waals surface area contributed by atoms with Gasteiger partial charge in [0, 0.05) is 39.5 Å². The Morgan fingerprint density at radius 3 is 2.43 bits per heavy atom. The number of carbonyl (C=O) groups is 2. The summed E-state index contributed by atoms with van der Waals surface area (Å²) in [5.74, 6) is -0.880. The van der Waals surface area contributed by atoms with Crippen LogP contribution in [-0.2, 0) is 11.3 Å². The third-order valence-electron chi connectivity index (χ3n) is 5.00. The Bertz CT molecular complexity index is 1070. The molecule has 0 aliphatic carbocycles. The molecule has 0 aliphatic heterocycles. The number of hydrogen-bond donors (Lipinski definition) is 2. The summed E-state index contributed by atoms with van der Waals surface area (Å²) in [7, 11) is 1.51. The molecule has 0 bridgehead atoms. The van der Waals surface area contributed by atoms with Crippen molar-refractivity contribution >= 4 is 38.9 Å². The molecule has 2 N–H and O–H groups in total. The third kappa shape index (κ3) is 4.68. The normalized spacial score (nSPS) is 11.5. The Labute approximate surface area is 179 Å². The number of amides is 2. The molecule has 1 aromatic heterocycles. The van der Waals surface area contributed by atoms with Crippen LogP contribution in [0.25, 0.3) is 10.1 Å². The first-order valence-corrected chi connectivity index (χ1v) is 10.5. The van der Waals surface area contributed by atoms with Gasteiger partial charge in [0.15, 0.2) is 0 Å². The highest BCUT2D eigenvalue weighted by Gasteiger charge is 2.21. The highest BCUT2D eigenvalue weighted by molar-refractivity contribution is 7.21. The number of nitrogens with one attached hydrogen (secondary N) is 2. The van der Waals surface area contributed by atoms with Crippen molar-refractivity contribution in [2.24, 2.45) is 0 Å². The van der Waals surface area contributed by atoms with Crippen molar-refractivity contribution in [3.05, 3.63) is 64.3 Å². The van der Waals surface area contributed by atoms with Gasteiger partial charge in [-0.15, -0.1) is 11.3 Å². The van der Waals surface area contributed by atoms with Crippen LogP contribution in [0.5, 0.6) is 0 Å². The van der Waals surface area contributed by atoms with E-state index in [1.165, 1.54) is 24.5 Å². The van der Waals surface area contributed by atoms with E-state index in [9.17, 15) is 14.0 Å². The minimum atomic E-state index is -0.375. The number of methoxy groups -OCH3 is 1. The third-order valence-corrected chi connectivity index (χ3v) is 6.19. The van der Waals surface area contributed by atoms with E-state index < -0.39 is 0 Å². The average molecular weight is 429 g/mol. The van der Waals surface area contributed by atoms with Crippen molar-refractivity contribution in [2.45, 2.75) is 39.3 Å². The Kier molecular flexibility index (Phi) is 6.53. The molecule has 0 fully saturated rings. The van der Waals surface area contributed by atoms with Crippen molar-refractivity contribution in [1.82, 2.24) is 5.32 Å². The number of benzene rings is 2. The maximum absolute atomic E-state index is 14.3. The van der Waals surface area contributed by atoms with Crippen LogP contribution < -0.4 is 10.6 Å². The van der Waals surface area contributed by atoms with Crippen molar-refractivity contribution in [2.75, 3.05) is 12.4 Å². The first kappa shape index (κ1) is 21.9. The standard InChI is InChI=1S/C23H25FN2O3S/c1-5-23(2,3)26-21(27)14-9-11-15(12-10-14)25-22(28)20-16(13-29-4)19-17(24)7-6-8-18(19)30-20/h6-12H,5,13H2,1-4H3,(H,25,28)(H,26,27). The van der Waals surface area contributed by atoms with Crippen molar-refractivity contribution in [3.8, 4) is 0 Å². The number of thiophene rings is 1. The van der Waals surface area contributed by atoms with Crippen molar-refractivity contribution in [3.63, 3.8) is 0 Å². The van der Waals surface area contributed by atoms with E-state index in [0.29, 0.717) is 31.8 Å². The highest BCUT2D eigenvalue weighted by Crippen LogP contribution is 2.34. The van der Waals surface area contributed by atoms with Crippen LogP contribution in [0.3, 0.4) is 0 Å². The van der Waals surface area contributed by atoms with Gasteiger partial charge in [-0.1, -0.05) is 13.0 Å². The molecule has 1 heterocycles. The van der Waals surface area contributed by atoms with E-state index in [-0.39, 0.29) is 29.8 Å². The Morgan fingerprint density at radius 1 is 1.10 bits per heavy atom. The summed E-state index contributed by atoms with van der Waals surface area (Å²) in [4.78, 5) is 25.7. The van der Waals surface area contributed by atoms with E-state index >= 15 is 0 Å². The van der Waals surface area contributed by atoms with E-state index in [0.717, 1.165) is 6.42 Å². The molecule has 30 heavy (non-hydrogen) atoms. The average Bonchev–Trinajstić information content (AvgIpc) is 3.08. The number of rotatable bonds is 7. The maximum Gasteiger partial charge on any atom is 0.266 e. The molecule has 0 saturated heterocycles. The first-order valence-electron chi connectivity index (χ1n) is 9.68. The second-order valence-electron chi connectivity index (χ2n) is 7.68. The van der Waals surface area contributed by atoms with Gasteiger partial charge in [0.05, 0.1) is 11.5 Å². The zero-order valence-corrected chi connectivity index (χ0v) is 18.3. The zero-order chi connectivity index (χ0) is 21.9. The van der Waals surface area contributed by atoms with E-state index in [2.05, 4.69) is 10.6 Å². The van der Waals surface area contributed by atoms with Gasteiger partial charge in [-0.2, -0.15) is 0 Å². The van der Waals surface area contributed by atoms with Gasteiger partial charge in [-0.05, 0) is 56.7 Å². The van der Waals surface area contributed by atoms with Crippen molar-refractivity contribution < 1.29 is 18.7 Å². The lowest BCUT2D eigenvalue weighted by Gasteiger charge is -2.24. The molecule has 0 unspecified atom stereocenters. The fourth-order valence-corrected chi connectivity index (χ4v) is 4.11. The Morgan fingerprint density at radius 2 is 1.80 bits per heavy atom. The van der Waals surface area contributed by atoms with Crippen LogP contribution in [-0.4, -0.2) is 24.5 Å². The minimum Gasteiger partial charge on any atom is -0.380 e. The number of ether oxygens (including phenoxy) is 1. The predicted octanol–water partition coefficient (Wildman–Crippen LogP) is 5.36. The quantitative estimate of drug-likeness (QED) is 0.533. The molecule has 2 aromatic carbocycles. The Balaban J connectivity index is 1.81. The molecule has 5 nitrogen and oxygen atoms in total. The molecule has 0 aliphatic rings. The fraction of sp³-hybridized carbons (Fsp3) is 0.304. The summed E-state index contributed by atoms with van der Waals surface area (Å²) < 4.78 is 20.2. The zero-order valence-electron chi connectivity index (χ0n) is 17.5. The number of hydrogen-bond acceptors (Lipinski definition) is 4. The predicted molar refractivity (Wildman–Crippen MR) is 119 cm³/mol. The van der Waals surface area contributed by atoms with Gasteiger partial charge in [-0.25, -0.2) is 4.39 Å². The summed E-state index contributed by atoms with van der Waals surface area (Å²) >= 11 is 1.23. The van der Waals surface area contributed by atoms with Gasteiger partial charge in [0.25, 0.3) is 11.8 Å². The van der Waals surface area contributed by atoms with Gasteiger partial charge in [-0.3, -0.25) is 9.59 Å². The van der Waals surface area contributed by atoms with Crippen LogP contribution in [0.2, 0.25) is 0 Å². The van der Waals surface area contributed by atoms with E-state index in [1.807, 2.05) is 20.8 Å². The Hall–Kier alpha value is -2.77. The number of carbonyl (C=O) groups excluding carboxylic acids is 2. The SMILES string of the molecule is CCC(C)(C)NC(=O)c1ccc(NC(=O)c2sc3cccc(F)c3c2COC)cc1. The lowest BCUT2D eigenvalue weighted by molar-refractivity contribution is 0.0911. The molecular weight excluding hydrogens is 403 g/mol. The molecule has 158 valence electrons. The minimum absolute atomic E-state index is 0.135. The molecule has 0 saturated carbocycles. The molecule has 0 atom stereocenters. The lowest BCUT2D eigenvalue weighted by Crippen LogP contribution is -2.42. The van der Waals surface area contributed by atoms with Gasteiger partial charge < -0.3 is 15.4 Å². The van der Waals surface area contributed by atoms with Crippen LogP contribution in [0.1, 0.15) is 52.8 Å². The lowest BCUT2D eigenvalue weighted by atomic mass is 10.0. The molecule has 3 rings (SSSR count). The fourth-order valence-electron chi connectivity index (χ4n) is 2.99. The maximum atomic E-state index is 14.3. The molecule has 3 aromatic rings. The first-order chi connectivity index (χ1) is 14.3. The molecule has 0 radical (unpaired) electrons. The van der Waals surface area contributed by atoms with Crippen molar-refractivity contribution in [1.29, 1.82) is 0 Å². The smallest absolute Gasteiger partial charge is 0.266 e. The number of halogens is 1. The second kappa shape index (κ2) is 8.93. The number of anilines is 1. The van der Waals surface area contributed by atoms with Gasteiger partial charge in [0.2, 0.25) is 0 Å². The molecule has 0 spiro atoms. The van der Waals surface area contributed by atoms with Crippen LogP contribution >= 0.6 is 11.3 Å². The summed E-state index contributed by atoms with van der Waals surface area (Å²) in [6.07, 6.45) is 0.812. The van der Waals surface area contributed by atoms with Gasteiger partial charge in [0.1, 0.15) is 5.82 Å². The topological polar surface area (TPSA) is 67.4 Å². The van der Waals surface area contributed by atoms with E-state index in [4.69, 9.17) is 4.74 Å². The largest absolute Gasteiger partial charge is 0.380 e. The summed E-state index contributed by atoms with van der Waals surface area (Å²) in [6, 6.07) is 11.5. The number of fused-ring (bicyclic) bond motifs is 1. The van der Waals surface area contributed by atoms with Gasteiger partial charge >= 0.3 is 0 Å². The molecule has 7 heteroatoms. The molecular formula is C23H25FN2O3S. The summed E-state index contributed by atoms with van der Waals surface area (Å²) in [5.41, 5.74) is 1.30. The van der Waals surface area contributed by atoms with Crippen LogP contribution in [0.4, 0.5) is 10.1 Å². The summed E-state index contributed by atoms with van der Waals surface area (Å²) in [5, 5.41) is 6.22. The second-order valence-corrected chi connectivity index (χ2v) is 8.73.